The van der Waals surface area contributed by atoms with Crippen LogP contribution in [-0.4, -0.2) is 60.9 Å². The van der Waals surface area contributed by atoms with E-state index in [4.69, 9.17) is 15.9 Å². The quantitative estimate of drug-likeness (QED) is 0.603. The summed E-state index contributed by atoms with van der Waals surface area (Å²) in [5, 5.41) is 16.2. The van der Waals surface area contributed by atoms with E-state index >= 15 is 0 Å². The summed E-state index contributed by atoms with van der Waals surface area (Å²) in [5.41, 5.74) is 1.02. The van der Waals surface area contributed by atoms with Gasteiger partial charge in [0.2, 0.25) is 0 Å². The highest BCUT2D eigenvalue weighted by molar-refractivity contribution is 5.94. The zero-order valence-corrected chi connectivity index (χ0v) is 17.9. The van der Waals surface area contributed by atoms with Gasteiger partial charge in [-0.3, -0.25) is 4.79 Å². The number of rotatable bonds is 6. The van der Waals surface area contributed by atoms with E-state index in [0.29, 0.717) is 42.1 Å². The number of methoxy groups -OCH3 is 1. The van der Waals surface area contributed by atoms with E-state index in [1.54, 1.807) is 60.5 Å². The Balaban J connectivity index is 1.63. The Morgan fingerprint density at radius 3 is 2.72 bits per heavy atom. The average Bonchev–Trinajstić information content (AvgIpc) is 2.99. The number of terminal acetylenes is 1. The number of aliphatic hydroxyl groups excluding tert-OH is 1. The van der Waals surface area contributed by atoms with Crippen molar-refractivity contribution in [1.29, 1.82) is 0 Å². The first-order valence-corrected chi connectivity index (χ1v) is 10.4. The number of benzene rings is 2. The molecule has 1 aliphatic rings. The molecule has 168 valence electrons. The molecule has 8 heteroatoms. The zero-order chi connectivity index (χ0) is 22.9. The molecule has 0 saturated carbocycles. The first kappa shape index (κ1) is 23.0. The number of hydrogen-bond donors (Lipinski definition) is 3. The smallest absolute Gasteiger partial charge is 0.321 e. The van der Waals surface area contributed by atoms with Gasteiger partial charge in [0.1, 0.15) is 18.1 Å². The fraction of sp³-hybridized carbons (Fsp3) is 0.333. The first-order chi connectivity index (χ1) is 15.5. The maximum absolute atomic E-state index is 12.8. The average molecular weight is 437 g/mol. The monoisotopic (exact) mass is 437 g/mol. The van der Waals surface area contributed by atoms with E-state index < -0.39 is 12.1 Å². The molecule has 0 unspecified atom stereocenters. The predicted molar refractivity (Wildman–Crippen MR) is 121 cm³/mol. The Morgan fingerprint density at radius 2 is 2.00 bits per heavy atom. The van der Waals surface area contributed by atoms with Gasteiger partial charge in [-0.05, 0) is 49.2 Å². The lowest BCUT2D eigenvalue weighted by Gasteiger charge is -2.27. The van der Waals surface area contributed by atoms with Crippen molar-refractivity contribution in [2.24, 2.45) is 0 Å². The van der Waals surface area contributed by atoms with Crippen molar-refractivity contribution in [3.05, 3.63) is 54.1 Å². The molecule has 3 amide bonds. The molecule has 3 rings (SSSR count). The second kappa shape index (κ2) is 11.1. The van der Waals surface area contributed by atoms with E-state index in [0.717, 1.165) is 0 Å². The highest BCUT2D eigenvalue weighted by Gasteiger charge is 2.29. The molecule has 1 heterocycles. The van der Waals surface area contributed by atoms with Crippen LogP contribution in [-0.2, 0) is 0 Å². The van der Waals surface area contributed by atoms with E-state index in [2.05, 4.69) is 16.6 Å². The van der Waals surface area contributed by atoms with E-state index in [9.17, 15) is 14.7 Å². The Bertz CT molecular complexity index is 970. The maximum atomic E-state index is 12.8. The molecule has 1 saturated heterocycles. The summed E-state index contributed by atoms with van der Waals surface area (Å²) in [4.78, 5) is 27.1. The third kappa shape index (κ3) is 6.15. The van der Waals surface area contributed by atoms with Crippen molar-refractivity contribution in [2.75, 3.05) is 32.1 Å². The Hall–Kier alpha value is -3.70. The summed E-state index contributed by atoms with van der Waals surface area (Å²) in [6.07, 6.45) is 5.52. The van der Waals surface area contributed by atoms with Crippen LogP contribution in [0.1, 0.15) is 23.2 Å². The standard InChI is InChI=1S/C24H27N3O5/c1-3-14-32-19-11-9-17(10-12-19)23(29)26-21-16-27(13-5-8-22(21)28)24(30)25-18-6-4-7-20(15-18)31-2/h1,4,6-7,9-12,15,21-22,28H,5,8,13-14,16H2,2H3,(H,25,30)(H,26,29)/t21-,22-/m1/s1. The molecule has 2 atom stereocenters. The van der Waals surface area contributed by atoms with Crippen LogP contribution in [0.3, 0.4) is 0 Å². The van der Waals surface area contributed by atoms with Crippen LogP contribution in [0.15, 0.2) is 48.5 Å². The van der Waals surface area contributed by atoms with Crippen molar-refractivity contribution < 1.29 is 24.2 Å². The van der Waals surface area contributed by atoms with Gasteiger partial charge >= 0.3 is 6.03 Å². The summed E-state index contributed by atoms with van der Waals surface area (Å²) < 4.78 is 10.5. The van der Waals surface area contributed by atoms with Crippen molar-refractivity contribution in [3.63, 3.8) is 0 Å². The molecular weight excluding hydrogens is 410 g/mol. The van der Waals surface area contributed by atoms with Crippen LogP contribution >= 0.6 is 0 Å². The lowest BCUT2D eigenvalue weighted by Crippen LogP contribution is -2.50. The number of carbonyl (C=O) groups is 2. The van der Waals surface area contributed by atoms with Gasteiger partial charge in [-0.2, -0.15) is 0 Å². The maximum Gasteiger partial charge on any atom is 0.321 e. The Kier molecular flexibility index (Phi) is 7.95. The van der Waals surface area contributed by atoms with Crippen LogP contribution in [0.4, 0.5) is 10.5 Å². The van der Waals surface area contributed by atoms with Crippen LogP contribution in [0.2, 0.25) is 0 Å². The highest BCUT2D eigenvalue weighted by atomic mass is 16.5. The number of hydrogen-bond acceptors (Lipinski definition) is 5. The molecule has 0 radical (unpaired) electrons. The molecule has 3 N–H and O–H groups in total. The Labute approximate surface area is 187 Å². The normalized spacial score (nSPS) is 18.1. The van der Waals surface area contributed by atoms with Gasteiger partial charge < -0.3 is 30.1 Å². The number of ether oxygens (including phenoxy) is 2. The third-order valence-corrected chi connectivity index (χ3v) is 5.17. The van der Waals surface area contributed by atoms with E-state index in [1.807, 2.05) is 0 Å². The van der Waals surface area contributed by atoms with Gasteiger partial charge in [-0.25, -0.2) is 4.79 Å². The lowest BCUT2D eigenvalue weighted by atomic mass is 10.1. The molecule has 2 aromatic rings. The molecular formula is C24H27N3O5. The molecule has 2 aromatic carbocycles. The molecule has 8 nitrogen and oxygen atoms in total. The largest absolute Gasteiger partial charge is 0.497 e. The fourth-order valence-corrected chi connectivity index (χ4v) is 3.45. The second-order valence-electron chi connectivity index (χ2n) is 7.41. The summed E-state index contributed by atoms with van der Waals surface area (Å²) in [6.45, 7) is 0.806. The minimum Gasteiger partial charge on any atom is -0.497 e. The van der Waals surface area contributed by atoms with Crippen molar-refractivity contribution in [2.45, 2.75) is 25.0 Å². The first-order valence-electron chi connectivity index (χ1n) is 10.4. The van der Waals surface area contributed by atoms with Gasteiger partial charge in [0.15, 0.2) is 0 Å². The number of nitrogens with zero attached hydrogens (tertiary/aromatic N) is 1. The molecule has 32 heavy (non-hydrogen) atoms. The summed E-state index contributed by atoms with van der Waals surface area (Å²) in [5.74, 6) is 3.24. The number of amides is 3. The SMILES string of the molecule is C#CCOc1ccc(C(=O)N[C@@H]2CN(C(=O)Nc3cccc(OC)c3)CCC[C@H]2O)cc1. The Morgan fingerprint density at radius 1 is 1.22 bits per heavy atom. The number of carbonyl (C=O) groups excluding carboxylic acids is 2. The zero-order valence-electron chi connectivity index (χ0n) is 17.9. The molecule has 0 aliphatic carbocycles. The number of urea groups is 1. The summed E-state index contributed by atoms with van der Waals surface area (Å²) in [7, 11) is 1.56. The highest BCUT2D eigenvalue weighted by Crippen LogP contribution is 2.19. The minimum atomic E-state index is -0.758. The fourth-order valence-electron chi connectivity index (χ4n) is 3.45. The topological polar surface area (TPSA) is 100 Å². The number of aliphatic hydroxyl groups is 1. The second-order valence-corrected chi connectivity index (χ2v) is 7.41. The van der Waals surface area contributed by atoms with Crippen molar-refractivity contribution in [3.8, 4) is 23.8 Å². The van der Waals surface area contributed by atoms with E-state index in [-0.39, 0.29) is 25.1 Å². The van der Waals surface area contributed by atoms with Crippen LogP contribution in [0, 0.1) is 12.3 Å². The van der Waals surface area contributed by atoms with Crippen LogP contribution in [0.5, 0.6) is 11.5 Å². The van der Waals surface area contributed by atoms with Gasteiger partial charge in [-0.15, -0.1) is 6.42 Å². The third-order valence-electron chi connectivity index (χ3n) is 5.17. The number of nitrogens with one attached hydrogen (secondary N) is 2. The predicted octanol–water partition coefficient (Wildman–Crippen LogP) is 2.49. The van der Waals surface area contributed by atoms with Gasteiger partial charge in [0.05, 0.1) is 19.3 Å². The van der Waals surface area contributed by atoms with Gasteiger partial charge in [0.25, 0.3) is 5.91 Å². The number of likely N-dealkylation sites (tertiary alicyclic amines) is 1. The van der Waals surface area contributed by atoms with Gasteiger partial charge in [-0.1, -0.05) is 12.0 Å². The van der Waals surface area contributed by atoms with Crippen molar-refractivity contribution in [1.82, 2.24) is 10.2 Å². The molecule has 0 spiro atoms. The lowest BCUT2D eigenvalue weighted by molar-refractivity contribution is 0.0811. The van der Waals surface area contributed by atoms with Crippen LogP contribution < -0.4 is 20.1 Å². The van der Waals surface area contributed by atoms with Crippen LogP contribution in [0.25, 0.3) is 0 Å². The minimum absolute atomic E-state index is 0.146. The van der Waals surface area contributed by atoms with Crippen molar-refractivity contribution >= 4 is 17.6 Å². The molecule has 0 bridgehead atoms. The molecule has 1 fully saturated rings. The summed E-state index contributed by atoms with van der Waals surface area (Å²) in [6, 6.07) is 12.7. The molecule has 0 aromatic heterocycles. The molecule has 1 aliphatic heterocycles. The van der Waals surface area contributed by atoms with Gasteiger partial charge in [0, 0.05) is 30.4 Å². The number of anilines is 1. The summed E-state index contributed by atoms with van der Waals surface area (Å²) >= 11 is 0. The van der Waals surface area contributed by atoms with E-state index in [1.165, 1.54) is 0 Å².